The van der Waals surface area contributed by atoms with Crippen LogP contribution in [0, 0.1) is 5.92 Å². The highest BCUT2D eigenvalue weighted by Crippen LogP contribution is 2.30. The molecule has 0 saturated heterocycles. The maximum atomic E-state index is 4.38. The summed E-state index contributed by atoms with van der Waals surface area (Å²) in [6, 6.07) is 7.07. The molecule has 1 saturated carbocycles. The molecule has 0 bridgehead atoms. The van der Waals surface area contributed by atoms with Gasteiger partial charge in [0.25, 0.3) is 0 Å². The van der Waals surface area contributed by atoms with E-state index >= 15 is 0 Å². The maximum absolute atomic E-state index is 4.38. The molecule has 1 heterocycles. The fraction of sp³-hybridized carbons (Fsp3) is 0.643. The van der Waals surface area contributed by atoms with Gasteiger partial charge in [-0.1, -0.05) is 25.3 Å². The van der Waals surface area contributed by atoms with Crippen molar-refractivity contribution in [1.82, 2.24) is 10.3 Å². The van der Waals surface area contributed by atoms with Gasteiger partial charge in [-0.15, -0.1) is 0 Å². The van der Waals surface area contributed by atoms with Crippen LogP contribution >= 0.6 is 0 Å². The molecule has 2 atom stereocenters. The first kappa shape index (κ1) is 11.6. The van der Waals surface area contributed by atoms with E-state index in [1.54, 1.807) is 0 Å². The molecule has 2 nitrogen and oxygen atoms in total. The smallest absolute Gasteiger partial charge is 0.0570 e. The van der Waals surface area contributed by atoms with E-state index < -0.39 is 0 Å². The lowest BCUT2D eigenvalue weighted by Crippen LogP contribution is -2.32. The van der Waals surface area contributed by atoms with E-state index in [2.05, 4.69) is 36.3 Å². The van der Waals surface area contributed by atoms with Crippen molar-refractivity contribution in [2.75, 3.05) is 0 Å². The van der Waals surface area contributed by atoms with E-state index in [0.717, 1.165) is 11.6 Å². The summed E-state index contributed by atoms with van der Waals surface area (Å²) in [4.78, 5) is 4.38. The Labute approximate surface area is 98.5 Å². The third-order valence-electron chi connectivity index (χ3n) is 3.58. The summed E-state index contributed by atoms with van der Waals surface area (Å²) < 4.78 is 0. The summed E-state index contributed by atoms with van der Waals surface area (Å²) in [6.07, 6.45) is 7.49. The van der Waals surface area contributed by atoms with Gasteiger partial charge in [0.15, 0.2) is 0 Å². The van der Waals surface area contributed by atoms with Gasteiger partial charge in [-0.2, -0.15) is 0 Å². The van der Waals surface area contributed by atoms with Gasteiger partial charge in [0, 0.05) is 18.3 Å². The zero-order valence-corrected chi connectivity index (χ0v) is 10.3. The van der Waals surface area contributed by atoms with Gasteiger partial charge in [-0.3, -0.25) is 4.98 Å². The molecular weight excluding hydrogens is 196 g/mol. The van der Waals surface area contributed by atoms with Crippen LogP contribution in [0.2, 0.25) is 0 Å². The molecule has 1 aliphatic rings. The Bertz CT molecular complexity index is 306. The number of nitrogens with one attached hydrogen (secondary N) is 1. The second-order valence-electron chi connectivity index (χ2n) is 5.08. The van der Waals surface area contributed by atoms with Crippen LogP contribution in [-0.2, 0) is 0 Å². The molecule has 1 aromatic rings. The zero-order valence-electron chi connectivity index (χ0n) is 10.3. The Hall–Kier alpha value is -0.890. The largest absolute Gasteiger partial charge is 0.306 e. The van der Waals surface area contributed by atoms with Gasteiger partial charge >= 0.3 is 0 Å². The molecule has 0 radical (unpaired) electrons. The summed E-state index contributed by atoms with van der Waals surface area (Å²) in [5, 5.41) is 3.63. The van der Waals surface area contributed by atoms with Crippen molar-refractivity contribution in [2.24, 2.45) is 5.92 Å². The van der Waals surface area contributed by atoms with Crippen LogP contribution < -0.4 is 5.32 Å². The van der Waals surface area contributed by atoms with Crippen molar-refractivity contribution in [3.63, 3.8) is 0 Å². The highest BCUT2D eigenvalue weighted by molar-refractivity contribution is 5.07. The van der Waals surface area contributed by atoms with Crippen molar-refractivity contribution in [3.05, 3.63) is 30.1 Å². The molecule has 1 fully saturated rings. The van der Waals surface area contributed by atoms with Gasteiger partial charge in [-0.25, -0.2) is 0 Å². The van der Waals surface area contributed by atoms with Gasteiger partial charge in [0.05, 0.1) is 5.69 Å². The highest BCUT2D eigenvalue weighted by Gasteiger charge is 2.20. The lowest BCUT2D eigenvalue weighted by molar-refractivity contribution is 0.259. The minimum Gasteiger partial charge on any atom is -0.306 e. The molecule has 0 spiro atoms. The van der Waals surface area contributed by atoms with Crippen molar-refractivity contribution in [1.29, 1.82) is 0 Å². The first-order valence-electron chi connectivity index (χ1n) is 6.42. The predicted octanol–water partition coefficient (Wildman–Crippen LogP) is 3.31. The first-order chi connectivity index (χ1) is 7.75. The summed E-state index contributed by atoms with van der Waals surface area (Å²) in [6.45, 7) is 4.48. The lowest BCUT2D eigenvalue weighted by Gasteiger charge is -2.29. The molecule has 1 aromatic heterocycles. The average molecular weight is 218 g/mol. The quantitative estimate of drug-likeness (QED) is 0.820. The molecule has 0 amide bonds. The molecule has 1 unspecified atom stereocenters. The molecule has 0 aromatic carbocycles. The SMILES string of the molecule is CC(CC1CCC1)N[C@@H](C)c1ccccn1. The maximum Gasteiger partial charge on any atom is 0.0570 e. The number of pyridine rings is 1. The molecule has 16 heavy (non-hydrogen) atoms. The van der Waals surface area contributed by atoms with Gasteiger partial charge in [0.1, 0.15) is 0 Å². The molecule has 88 valence electrons. The van der Waals surface area contributed by atoms with E-state index in [1.807, 2.05) is 12.3 Å². The predicted molar refractivity (Wildman–Crippen MR) is 67.2 cm³/mol. The Morgan fingerprint density at radius 2 is 2.19 bits per heavy atom. The molecule has 0 aliphatic heterocycles. The third-order valence-corrected chi connectivity index (χ3v) is 3.58. The monoisotopic (exact) mass is 218 g/mol. The van der Waals surface area contributed by atoms with Crippen LogP contribution in [0.15, 0.2) is 24.4 Å². The number of hydrogen-bond donors (Lipinski definition) is 1. The second kappa shape index (κ2) is 5.44. The highest BCUT2D eigenvalue weighted by atomic mass is 15.0. The number of aromatic nitrogens is 1. The minimum atomic E-state index is 0.358. The number of nitrogens with zero attached hydrogens (tertiary/aromatic N) is 1. The van der Waals surface area contributed by atoms with E-state index in [1.165, 1.54) is 25.7 Å². The molecule has 1 aliphatic carbocycles. The molecule has 1 N–H and O–H groups in total. The van der Waals surface area contributed by atoms with Crippen molar-refractivity contribution in [3.8, 4) is 0 Å². The second-order valence-corrected chi connectivity index (χ2v) is 5.08. The standard InChI is InChI=1S/C14H22N2/c1-11(10-13-6-5-7-13)16-12(2)14-8-3-4-9-15-14/h3-4,8-9,11-13,16H,5-7,10H2,1-2H3/t11?,12-/m0/s1. The van der Waals surface area contributed by atoms with Crippen LogP contribution in [0.4, 0.5) is 0 Å². The van der Waals surface area contributed by atoms with E-state index in [0.29, 0.717) is 12.1 Å². The van der Waals surface area contributed by atoms with E-state index in [9.17, 15) is 0 Å². The first-order valence-corrected chi connectivity index (χ1v) is 6.42. The van der Waals surface area contributed by atoms with Crippen molar-refractivity contribution >= 4 is 0 Å². The Morgan fingerprint density at radius 3 is 2.75 bits per heavy atom. The Balaban J connectivity index is 1.79. The molecule has 2 rings (SSSR count). The van der Waals surface area contributed by atoms with Gasteiger partial charge in [-0.05, 0) is 38.3 Å². The van der Waals surface area contributed by atoms with E-state index in [-0.39, 0.29) is 0 Å². The van der Waals surface area contributed by atoms with Crippen LogP contribution in [0.25, 0.3) is 0 Å². The summed E-state index contributed by atoms with van der Waals surface area (Å²) in [5.74, 6) is 0.971. The molecule has 2 heteroatoms. The fourth-order valence-electron chi connectivity index (χ4n) is 2.44. The van der Waals surface area contributed by atoms with Gasteiger partial charge < -0.3 is 5.32 Å². The minimum absolute atomic E-state index is 0.358. The zero-order chi connectivity index (χ0) is 11.4. The Kier molecular flexibility index (Phi) is 3.94. The van der Waals surface area contributed by atoms with Crippen LogP contribution in [0.5, 0.6) is 0 Å². The summed E-state index contributed by atoms with van der Waals surface area (Å²) in [5.41, 5.74) is 1.14. The molecular formula is C14H22N2. The van der Waals surface area contributed by atoms with Crippen LogP contribution in [0.3, 0.4) is 0 Å². The third kappa shape index (κ3) is 3.05. The number of rotatable bonds is 5. The fourth-order valence-corrected chi connectivity index (χ4v) is 2.44. The van der Waals surface area contributed by atoms with Crippen LogP contribution in [-0.4, -0.2) is 11.0 Å². The normalized spacial score (nSPS) is 20.1. The average Bonchev–Trinajstić information content (AvgIpc) is 2.25. The van der Waals surface area contributed by atoms with Gasteiger partial charge in [0.2, 0.25) is 0 Å². The van der Waals surface area contributed by atoms with Crippen molar-refractivity contribution < 1.29 is 0 Å². The topological polar surface area (TPSA) is 24.9 Å². The van der Waals surface area contributed by atoms with Crippen LogP contribution in [0.1, 0.15) is 51.3 Å². The Morgan fingerprint density at radius 1 is 1.38 bits per heavy atom. The van der Waals surface area contributed by atoms with E-state index in [4.69, 9.17) is 0 Å². The summed E-state index contributed by atoms with van der Waals surface area (Å²) >= 11 is 0. The summed E-state index contributed by atoms with van der Waals surface area (Å²) in [7, 11) is 0. The van der Waals surface area contributed by atoms with Crippen molar-refractivity contribution in [2.45, 2.75) is 51.6 Å². The lowest BCUT2D eigenvalue weighted by atomic mass is 9.81. The number of hydrogen-bond acceptors (Lipinski definition) is 2.